The summed E-state index contributed by atoms with van der Waals surface area (Å²) in [6.45, 7) is 4.39. The molecular formula is C13H19BrO3. The Balaban J connectivity index is 2.77. The molecule has 4 heteroatoms. The Morgan fingerprint density at radius 2 is 2.06 bits per heavy atom. The molecule has 0 aromatic heterocycles. The van der Waals surface area contributed by atoms with Crippen LogP contribution in [0, 0.1) is 0 Å². The van der Waals surface area contributed by atoms with E-state index in [4.69, 9.17) is 9.47 Å². The summed E-state index contributed by atoms with van der Waals surface area (Å²) in [5.74, 6) is 0.720. The lowest BCUT2D eigenvalue weighted by molar-refractivity contribution is 0.130. The normalized spacial score (nSPS) is 14.4. The molecule has 17 heavy (non-hydrogen) atoms. The quantitative estimate of drug-likeness (QED) is 0.876. The molecule has 0 aliphatic carbocycles. The third-order valence-electron chi connectivity index (χ3n) is 2.48. The topological polar surface area (TPSA) is 38.7 Å². The minimum absolute atomic E-state index is 0.0572. The smallest absolute Gasteiger partial charge is 0.126 e. The van der Waals surface area contributed by atoms with E-state index in [2.05, 4.69) is 15.9 Å². The highest BCUT2D eigenvalue weighted by molar-refractivity contribution is 9.10. The molecule has 0 fully saturated rings. The number of ether oxygens (including phenoxy) is 2. The molecule has 0 aliphatic heterocycles. The van der Waals surface area contributed by atoms with Crippen molar-refractivity contribution in [3.05, 3.63) is 28.2 Å². The summed E-state index contributed by atoms with van der Waals surface area (Å²) in [7, 11) is 1.67. The number of aliphatic hydroxyl groups is 1. The van der Waals surface area contributed by atoms with E-state index >= 15 is 0 Å². The predicted molar refractivity (Wildman–Crippen MR) is 71.4 cm³/mol. The van der Waals surface area contributed by atoms with Crippen LogP contribution in [0.4, 0.5) is 0 Å². The average molecular weight is 303 g/mol. The number of benzene rings is 1. The molecule has 0 saturated heterocycles. The monoisotopic (exact) mass is 302 g/mol. The number of aliphatic hydroxyl groups excluding tert-OH is 1. The lowest BCUT2D eigenvalue weighted by atomic mass is 10.1. The summed E-state index contributed by atoms with van der Waals surface area (Å²) in [6.07, 6.45) is 0.344. The molecule has 2 atom stereocenters. The SMILES string of the molecule is COCCC(C)Oc1cc(Br)ccc1[C@@H](C)O. The second kappa shape index (κ2) is 6.99. The maximum absolute atomic E-state index is 9.66. The van der Waals surface area contributed by atoms with Gasteiger partial charge in [-0.15, -0.1) is 0 Å². The number of methoxy groups -OCH3 is 1. The van der Waals surface area contributed by atoms with Gasteiger partial charge in [0.15, 0.2) is 0 Å². The Labute approximate surface area is 111 Å². The van der Waals surface area contributed by atoms with Crippen LogP contribution in [-0.2, 0) is 4.74 Å². The van der Waals surface area contributed by atoms with Gasteiger partial charge in [-0.25, -0.2) is 0 Å². The van der Waals surface area contributed by atoms with Crippen LogP contribution in [0.1, 0.15) is 31.9 Å². The standard InChI is InChI=1S/C13H19BrO3/c1-9(6-7-16-3)17-13-8-11(14)4-5-12(13)10(2)15/h4-5,8-10,15H,6-7H2,1-3H3/t9?,10-/m1/s1. The number of halogens is 1. The summed E-state index contributed by atoms with van der Waals surface area (Å²) >= 11 is 3.40. The summed E-state index contributed by atoms with van der Waals surface area (Å²) < 4.78 is 11.8. The lowest BCUT2D eigenvalue weighted by Crippen LogP contribution is -2.15. The van der Waals surface area contributed by atoms with Gasteiger partial charge in [-0.2, -0.15) is 0 Å². The first-order valence-corrected chi connectivity index (χ1v) is 6.47. The first kappa shape index (κ1) is 14.5. The molecule has 0 amide bonds. The molecule has 1 aromatic carbocycles. The summed E-state index contributed by atoms with van der Waals surface area (Å²) in [5.41, 5.74) is 0.803. The van der Waals surface area contributed by atoms with E-state index < -0.39 is 6.10 Å². The molecule has 0 aliphatic rings. The molecule has 3 nitrogen and oxygen atoms in total. The van der Waals surface area contributed by atoms with Gasteiger partial charge in [0.2, 0.25) is 0 Å². The molecule has 0 radical (unpaired) electrons. The van der Waals surface area contributed by atoms with Gasteiger partial charge in [0.25, 0.3) is 0 Å². The van der Waals surface area contributed by atoms with E-state index in [0.29, 0.717) is 6.61 Å². The zero-order valence-electron chi connectivity index (χ0n) is 10.4. The van der Waals surface area contributed by atoms with Crippen LogP contribution in [0.3, 0.4) is 0 Å². The molecule has 0 bridgehead atoms. The zero-order valence-corrected chi connectivity index (χ0v) is 12.0. The summed E-state index contributed by atoms with van der Waals surface area (Å²) in [5, 5.41) is 9.66. The van der Waals surface area contributed by atoms with E-state index in [1.807, 2.05) is 25.1 Å². The lowest BCUT2D eigenvalue weighted by Gasteiger charge is -2.18. The zero-order chi connectivity index (χ0) is 12.8. The van der Waals surface area contributed by atoms with Crippen molar-refractivity contribution in [2.24, 2.45) is 0 Å². The fourth-order valence-corrected chi connectivity index (χ4v) is 1.85. The van der Waals surface area contributed by atoms with Crippen molar-refractivity contribution in [3.8, 4) is 5.75 Å². The van der Waals surface area contributed by atoms with Crippen molar-refractivity contribution >= 4 is 15.9 Å². The van der Waals surface area contributed by atoms with Gasteiger partial charge in [0, 0.05) is 30.2 Å². The molecule has 0 heterocycles. The van der Waals surface area contributed by atoms with Crippen LogP contribution >= 0.6 is 15.9 Å². The molecular weight excluding hydrogens is 284 g/mol. The third kappa shape index (κ3) is 4.66. The number of hydrogen-bond donors (Lipinski definition) is 1. The molecule has 1 aromatic rings. The Hall–Kier alpha value is -0.580. The average Bonchev–Trinajstić information content (AvgIpc) is 2.26. The van der Waals surface area contributed by atoms with E-state index in [9.17, 15) is 5.11 Å². The summed E-state index contributed by atoms with van der Waals surface area (Å²) in [6, 6.07) is 5.65. The highest BCUT2D eigenvalue weighted by Crippen LogP contribution is 2.29. The third-order valence-corrected chi connectivity index (χ3v) is 2.98. The van der Waals surface area contributed by atoms with Crippen LogP contribution < -0.4 is 4.74 Å². The van der Waals surface area contributed by atoms with Crippen molar-refractivity contribution in [1.29, 1.82) is 0 Å². The van der Waals surface area contributed by atoms with Crippen molar-refractivity contribution in [3.63, 3.8) is 0 Å². The fourth-order valence-electron chi connectivity index (χ4n) is 1.51. The van der Waals surface area contributed by atoms with Gasteiger partial charge < -0.3 is 14.6 Å². The molecule has 0 saturated carbocycles. The predicted octanol–water partition coefficient (Wildman–Crippen LogP) is 3.31. The molecule has 1 rings (SSSR count). The van der Waals surface area contributed by atoms with Crippen LogP contribution in [0.25, 0.3) is 0 Å². The molecule has 96 valence electrons. The maximum Gasteiger partial charge on any atom is 0.126 e. The van der Waals surface area contributed by atoms with Gasteiger partial charge in [0.1, 0.15) is 5.75 Å². The van der Waals surface area contributed by atoms with Crippen molar-refractivity contribution in [2.75, 3.05) is 13.7 Å². The Morgan fingerprint density at radius 3 is 2.65 bits per heavy atom. The van der Waals surface area contributed by atoms with E-state index in [0.717, 1.165) is 22.2 Å². The van der Waals surface area contributed by atoms with Crippen LogP contribution in [-0.4, -0.2) is 24.9 Å². The van der Waals surface area contributed by atoms with Gasteiger partial charge in [0.05, 0.1) is 12.2 Å². The minimum Gasteiger partial charge on any atom is -0.490 e. The first-order valence-electron chi connectivity index (χ1n) is 5.67. The molecule has 1 unspecified atom stereocenters. The van der Waals surface area contributed by atoms with Gasteiger partial charge >= 0.3 is 0 Å². The molecule has 1 N–H and O–H groups in total. The largest absolute Gasteiger partial charge is 0.490 e. The van der Waals surface area contributed by atoms with Crippen LogP contribution in [0.5, 0.6) is 5.75 Å². The van der Waals surface area contributed by atoms with Gasteiger partial charge in [-0.05, 0) is 26.0 Å². The van der Waals surface area contributed by atoms with Crippen molar-refractivity contribution in [1.82, 2.24) is 0 Å². The number of hydrogen-bond acceptors (Lipinski definition) is 3. The number of rotatable bonds is 6. The van der Waals surface area contributed by atoms with Gasteiger partial charge in [-0.1, -0.05) is 22.0 Å². The molecule has 0 spiro atoms. The summed E-state index contributed by atoms with van der Waals surface area (Å²) in [4.78, 5) is 0. The van der Waals surface area contributed by atoms with E-state index in [1.54, 1.807) is 14.0 Å². The Kier molecular flexibility index (Phi) is 5.95. The second-order valence-corrected chi connectivity index (χ2v) is 4.98. The Morgan fingerprint density at radius 1 is 1.35 bits per heavy atom. The van der Waals surface area contributed by atoms with E-state index in [1.165, 1.54) is 0 Å². The maximum atomic E-state index is 9.66. The first-order chi connectivity index (χ1) is 8.04. The van der Waals surface area contributed by atoms with Crippen LogP contribution in [0.15, 0.2) is 22.7 Å². The highest BCUT2D eigenvalue weighted by atomic mass is 79.9. The van der Waals surface area contributed by atoms with E-state index in [-0.39, 0.29) is 6.10 Å². The highest BCUT2D eigenvalue weighted by Gasteiger charge is 2.12. The minimum atomic E-state index is -0.535. The second-order valence-electron chi connectivity index (χ2n) is 4.07. The fraction of sp³-hybridized carbons (Fsp3) is 0.538. The van der Waals surface area contributed by atoms with Crippen LogP contribution in [0.2, 0.25) is 0 Å². The Bertz CT molecular complexity index is 353. The van der Waals surface area contributed by atoms with Gasteiger partial charge in [-0.3, -0.25) is 0 Å². The van der Waals surface area contributed by atoms with Crippen molar-refractivity contribution in [2.45, 2.75) is 32.5 Å². The van der Waals surface area contributed by atoms with Crippen molar-refractivity contribution < 1.29 is 14.6 Å².